The number of nitrogens with zero attached hydrogens (tertiary/aromatic N) is 1. The molecule has 1 aromatic rings. The van der Waals surface area contributed by atoms with Crippen molar-refractivity contribution in [1.82, 2.24) is 9.71 Å². The van der Waals surface area contributed by atoms with E-state index in [2.05, 4.69) is 9.71 Å². The number of thiocarbonyl (C=S) groups is 1. The summed E-state index contributed by atoms with van der Waals surface area (Å²) in [6.45, 7) is 4.38. The lowest BCUT2D eigenvalue weighted by atomic mass is 10.3. The van der Waals surface area contributed by atoms with E-state index in [9.17, 15) is 8.42 Å². The zero-order valence-corrected chi connectivity index (χ0v) is 12.4. The van der Waals surface area contributed by atoms with E-state index >= 15 is 0 Å². The van der Waals surface area contributed by atoms with Crippen LogP contribution < -0.4 is 10.5 Å². The highest BCUT2D eigenvalue weighted by molar-refractivity contribution is 7.89. The molecule has 0 fully saturated rings. The van der Waals surface area contributed by atoms with Crippen LogP contribution in [0.25, 0.3) is 0 Å². The highest BCUT2D eigenvalue weighted by Crippen LogP contribution is 2.08. The first-order valence-electron chi connectivity index (χ1n) is 5.74. The first-order valence-corrected chi connectivity index (χ1v) is 7.63. The van der Waals surface area contributed by atoms with Gasteiger partial charge in [-0.15, -0.1) is 0 Å². The van der Waals surface area contributed by atoms with Crippen LogP contribution in [0.3, 0.4) is 0 Å². The number of nitrogens with one attached hydrogen (secondary N) is 1. The number of hydrogen-bond acceptors (Lipinski definition) is 5. The van der Waals surface area contributed by atoms with E-state index in [1.165, 1.54) is 18.3 Å². The zero-order chi connectivity index (χ0) is 14.5. The molecule has 0 saturated heterocycles. The molecule has 0 spiro atoms. The zero-order valence-electron chi connectivity index (χ0n) is 10.8. The van der Waals surface area contributed by atoms with E-state index in [-0.39, 0.29) is 22.5 Å². The molecule has 106 valence electrons. The van der Waals surface area contributed by atoms with Crippen molar-refractivity contribution in [2.75, 3.05) is 13.2 Å². The number of hydrogen-bond donors (Lipinski definition) is 2. The summed E-state index contributed by atoms with van der Waals surface area (Å²) in [6.07, 6.45) is 1.03. The van der Waals surface area contributed by atoms with Crippen molar-refractivity contribution in [3.05, 3.63) is 24.0 Å². The molecule has 1 aromatic heterocycles. The fraction of sp³-hybridized carbons (Fsp3) is 0.455. The van der Waals surface area contributed by atoms with Crippen LogP contribution in [-0.4, -0.2) is 37.6 Å². The molecular weight excluding hydrogens is 286 g/mol. The summed E-state index contributed by atoms with van der Waals surface area (Å²) in [6, 6.07) is 2.89. The molecule has 3 N–H and O–H groups in total. The van der Waals surface area contributed by atoms with E-state index < -0.39 is 10.0 Å². The second-order valence-corrected chi connectivity index (χ2v) is 6.07. The molecule has 0 saturated carbocycles. The van der Waals surface area contributed by atoms with Crippen LogP contribution in [-0.2, 0) is 14.8 Å². The minimum Gasteiger partial charge on any atom is -0.388 e. The molecule has 19 heavy (non-hydrogen) atoms. The Kier molecular flexibility index (Phi) is 5.80. The highest BCUT2D eigenvalue weighted by atomic mass is 32.2. The maximum Gasteiger partial charge on any atom is 0.242 e. The Balaban J connectivity index is 2.74. The van der Waals surface area contributed by atoms with Crippen LogP contribution in [0.5, 0.6) is 0 Å². The largest absolute Gasteiger partial charge is 0.388 e. The van der Waals surface area contributed by atoms with E-state index in [1.807, 2.05) is 6.92 Å². The molecule has 1 unspecified atom stereocenters. The minimum absolute atomic E-state index is 0.0659. The van der Waals surface area contributed by atoms with Crippen molar-refractivity contribution in [3.63, 3.8) is 0 Å². The summed E-state index contributed by atoms with van der Waals surface area (Å²) in [5.41, 5.74) is 5.78. The molecule has 0 amide bonds. The lowest BCUT2D eigenvalue weighted by Gasteiger charge is -2.12. The van der Waals surface area contributed by atoms with E-state index in [4.69, 9.17) is 22.7 Å². The molecule has 1 heterocycles. The Morgan fingerprint density at radius 1 is 1.58 bits per heavy atom. The number of aromatic nitrogens is 1. The van der Waals surface area contributed by atoms with Gasteiger partial charge in [-0.3, -0.25) is 4.98 Å². The average molecular weight is 303 g/mol. The number of sulfonamides is 1. The number of rotatable bonds is 7. The monoisotopic (exact) mass is 303 g/mol. The normalized spacial score (nSPS) is 13.2. The van der Waals surface area contributed by atoms with Crippen molar-refractivity contribution in [3.8, 4) is 0 Å². The first kappa shape index (κ1) is 16.0. The molecule has 0 aliphatic carbocycles. The maximum atomic E-state index is 12.0. The third-order valence-corrected chi connectivity index (χ3v) is 3.93. The van der Waals surface area contributed by atoms with E-state index in [0.717, 1.165) is 0 Å². The molecule has 0 aliphatic rings. The smallest absolute Gasteiger partial charge is 0.242 e. The molecule has 8 heteroatoms. The van der Waals surface area contributed by atoms with Gasteiger partial charge in [0.1, 0.15) is 9.88 Å². The summed E-state index contributed by atoms with van der Waals surface area (Å²) in [5.74, 6) is 0. The van der Waals surface area contributed by atoms with E-state index in [1.54, 1.807) is 6.92 Å². The Morgan fingerprint density at radius 2 is 2.26 bits per heavy atom. The van der Waals surface area contributed by atoms with Gasteiger partial charge in [0.2, 0.25) is 10.0 Å². The van der Waals surface area contributed by atoms with Gasteiger partial charge in [-0.25, -0.2) is 13.1 Å². The quantitative estimate of drug-likeness (QED) is 0.709. The minimum atomic E-state index is -3.59. The van der Waals surface area contributed by atoms with Crippen LogP contribution in [0.15, 0.2) is 23.2 Å². The SMILES string of the molecule is CCOC(C)CNS(=O)(=O)c1ccc(C(N)=S)nc1. The Bertz CT molecular complexity index is 529. The standard InChI is InChI=1S/C11H17N3O3S2/c1-3-17-8(2)6-14-19(15,16)9-4-5-10(11(12)18)13-7-9/h4-5,7-8,14H,3,6H2,1-2H3,(H2,12,18). The van der Waals surface area contributed by atoms with Gasteiger partial charge < -0.3 is 10.5 Å². The molecule has 0 aliphatic heterocycles. The third-order valence-electron chi connectivity index (χ3n) is 2.31. The predicted molar refractivity (Wildman–Crippen MR) is 76.4 cm³/mol. The van der Waals surface area contributed by atoms with Crippen LogP contribution in [0.2, 0.25) is 0 Å². The van der Waals surface area contributed by atoms with Crippen molar-refractivity contribution in [1.29, 1.82) is 0 Å². The Hall–Kier alpha value is -1.09. The molecule has 6 nitrogen and oxygen atoms in total. The lowest BCUT2D eigenvalue weighted by Crippen LogP contribution is -2.32. The fourth-order valence-corrected chi connectivity index (χ4v) is 2.52. The highest BCUT2D eigenvalue weighted by Gasteiger charge is 2.15. The maximum absolute atomic E-state index is 12.0. The number of pyridine rings is 1. The van der Waals surface area contributed by atoms with Crippen molar-refractivity contribution in [2.24, 2.45) is 5.73 Å². The van der Waals surface area contributed by atoms with E-state index in [0.29, 0.717) is 12.3 Å². The van der Waals surface area contributed by atoms with Crippen LogP contribution in [0.1, 0.15) is 19.5 Å². The van der Waals surface area contributed by atoms with Crippen LogP contribution in [0, 0.1) is 0 Å². The summed E-state index contributed by atoms with van der Waals surface area (Å²) >= 11 is 4.75. The summed E-state index contributed by atoms with van der Waals surface area (Å²) < 4.78 is 31.6. The van der Waals surface area contributed by atoms with Gasteiger partial charge in [0.25, 0.3) is 0 Å². The predicted octanol–water partition coefficient (Wildman–Crippen LogP) is 0.419. The first-order chi connectivity index (χ1) is 8.86. The van der Waals surface area contributed by atoms with Gasteiger partial charge >= 0.3 is 0 Å². The van der Waals surface area contributed by atoms with Gasteiger partial charge in [-0.1, -0.05) is 12.2 Å². The lowest BCUT2D eigenvalue weighted by molar-refractivity contribution is 0.0799. The number of nitrogens with two attached hydrogens (primary N) is 1. The van der Waals surface area contributed by atoms with Crippen LogP contribution >= 0.6 is 12.2 Å². The Labute approximate surface area is 118 Å². The van der Waals surface area contributed by atoms with Gasteiger partial charge in [0.05, 0.1) is 11.8 Å². The molecule has 0 radical (unpaired) electrons. The average Bonchev–Trinajstić information content (AvgIpc) is 2.37. The van der Waals surface area contributed by atoms with Crippen LogP contribution in [0.4, 0.5) is 0 Å². The second-order valence-electron chi connectivity index (χ2n) is 3.86. The topological polar surface area (TPSA) is 94.3 Å². The summed E-state index contributed by atoms with van der Waals surface area (Å²) in [4.78, 5) is 4.08. The molecule has 0 aromatic carbocycles. The molecule has 0 bridgehead atoms. The van der Waals surface area contributed by atoms with Crippen molar-refractivity contribution < 1.29 is 13.2 Å². The summed E-state index contributed by atoms with van der Waals surface area (Å²) in [5, 5.41) is 0. The summed E-state index contributed by atoms with van der Waals surface area (Å²) in [7, 11) is -3.59. The van der Waals surface area contributed by atoms with Gasteiger partial charge in [-0.2, -0.15) is 0 Å². The van der Waals surface area contributed by atoms with Gasteiger partial charge in [0.15, 0.2) is 0 Å². The van der Waals surface area contributed by atoms with Crippen molar-refractivity contribution >= 4 is 27.2 Å². The molecular formula is C11H17N3O3S2. The molecule has 1 atom stereocenters. The second kappa shape index (κ2) is 6.90. The fourth-order valence-electron chi connectivity index (χ4n) is 1.34. The Morgan fingerprint density at radius 3 is 2.74 bits per heavy atom. The number of ether oxygens (including phenoxy) is 1. The molecule has 1 rings (SSSR count). The van der Waals surface area contributed by atoms with Crippen molar-refractivity contribution in [2.45, 2.75) is 24.8 Å². The third kappa shape index (κ3) is 4.83. The van der Waals surface area contributed by atoms with Gasteiger partial charge in [-0.05, 0) is 26.0 Å². The van der Waals surface area contributed by atoms with Gasteiger partial charge in [0, 0.05) is 19.3 Å².